The molecular weight excluding hydrogens is 272 g/mol. The summed E-state index contributed by atoms with van der Waals surface area (Å²) in [6.07, 6.45) is 11.2. The molecule has 1 amide bonds. The molecule has 1 atom stereocenters. The van der Waals surface area contributed by atoms with Gasteiger partial charge in [0.05, 0.1) is 0 Å². The molecule has 128 valence electrons. The van der Waals surface area contributed by atoms with Gasteiger partial charge in [-0.3, -0.25) is 9.69 Å². The highest BCUT2D eigenvalue weighted by atomic mass is 16.1. The van der Waals surface area contributed by atoms with E-state index in [1.54, 1.807) is 0 Å². The molecule has 0 aromatic carbocycles. The summed E-state index contributed by atoms with van der Waals surface area (Å²) in [4.78, 5) is 15.1. The Labute approximate surface area is 137 Å². The van der Waals surface area contributed by atoms with Crippen LogP contribution in [0.4, 0.5) is 0 Å². The van der Waals surface area contributed by atoms with Gasteiger partial charge in [0, 0.05) is 24.5 Å². The summed E-state index contributed by atoms with van der Waals surface area (Å²) in [5.41, 5.74) is 0.0776. The largest absolute Gasteiger partial charge is 0.354 e. The minimum atomic E-state index is 0.0776. The second kappa shape index (κ2) is 8.33. The molecule has 1 N–H and O–H groups in total. The van der Waals surface area contributed by atoms with Gasteiger partial charge in [0.15, 0.2) is 0 Å². The van der Waals surface area contributed by atoms with Crippen molar-refractivity contribution in [3.05, 3.63) is 0 Å². The van der Waals surface area contributed by atoms with Crippen LogP contribution in [-0.4, -0.2) is 36.0 Å². The second-order valence-electron chi connectivity index (χ2n) is 8.08. The lowest BCUT2D eigenvalue weighted by Crippen LogP contribution is -2.55. The molecule has 2 rings (SSSR count). The molecule has 1 heterocycles. The maximum atomic E-state index is 12.5. The molecule has 3 nitrogen and oxygen atoms in total. The zero-order valence-corrected chi connectivity index (χ0v) is 15.0. The Morgan fingerprint density at radius 2 is 1.77 bits per heavy atom. The summed E-state index contributed by atoms with van der Waals surface area (Å²) in [6.45, 7) is 10.1. The lowest BCUT2D eigenvalue weighted by molar-refractivity contribution is -0.126. The summed E-state index contributed by atoms with van der Waals surface area (Å²) in [5.74, 6) is 1.41. The predicted octanol–water partition coefficient (Wildman–Crippen LogP) is 3.97. The van der Waals surface area contributed by atoms with Gasteiger partial charge in [0.1, 0.15) is 0 Å². The Balaban J connectivity index is 1.81. The minimum absolute atomic E-state index is 0.0776. The first kappa shape index (κ1) is 17.8. The van der Waals surface area contributed by atoms with E-state index in [-0.39, 0.29) is 11.5 Å². The van der Waals surface area contributed by atoms with Gasteiger partial charge in [-0.05, 0) is 52.0 Å². The van der Waals surface area contributed by atoms with Crippen LogP contribution in [0.25, 0.3) is 0 Å². The minimum Gasteiger partial charge on any atom is -0.354 e. The third-order valence-electron chi connectivity index (χ3n) is 5.87. The van der Waals surface area contributed by atoms with Crippen molar-refractivity contribution in [1.29, 1.82) is 0 Å². The predicted molar refractivity (Wildman–Crippen MR) is 92.9 cm³/mol. The number of carbonyl (C=O) groups is 1. The fraction of sp³-hybridized carbons (Fsp3) is 0.947. The van der Waals surface area contributed by atoms with Gasteiger partial charge in [-0.15, -0.1) is 0 Å². The van der Waals surface area contributed by atoms with E-state index in [2.05, 4.69) is 31.0 Å². The number of piperidine rings is 1. The highest BCUT2D eigenvalue weighted by molar-refractivity contribution is 5.78. The van der Waals surface area contributed by atoms with Gasteiger partial charge >= 0.3 is 0 Å². The van der Waals surface area contributed by atoms with Crippen molar-refractivity contribution >= 4 is 5.91 Å². The van der Waals surface area contributed by atoms with Gasteiger partial charge in [-0.25, -0.2) is 0 Å². The van der Waals surface area contributed by atoms with E-state index in [0.29, 0.717) is 5.91 Å². The van der Waals surface area contributed by atoms with Gasteiger partial charge < -0.3 is 5.32 Å². The van der Waals surface area contributed by atoms with E-state index in [1.165, 1.54) is 58.0 Å². The maximum absolute atomic E-state index is 12.5. The molecule has 0 spiro atoms. The monoisotopic (exact) mass is 308 g/mol. The third kappa shape index (κ3) is 4.97. The van der Waals surface area contributed by atoms with Crippen molar-refractivity contribution < 1.29 is 4.79 Å². The first-order valence-corrected chi connectivity index (χ1v) is 9.55. The average molecular weight is 309 g/mol. The summed E-state index contributed by atoms with van der Waals surface area (Å²) >= 11 is 0. The number of nitrogens with zero attached hydrogens (tertiary/aromatic N) is 1. The first-order valence-electron chi connectivity index (χ1n) is 9.55. The summed E-state index contributed by atoms with van der Waals surface area (Å²) in [7, 11) is 0. The molecule has 2 aliphatic rings. The Bertz CT molecular complexity index is 345. The number of likely N-dealkylation sites (tertiary alicyclic amines) is 1. The summed E-state index contributed by atoms with van der Waals surface area (Å²) in [5, 5.41) is 3.27. The highest BCUT2D eigenvalue weighted by Crippen LogP contribution is 2.26. The Kier molecular flexibility index (Phi) is 6.73. The molecule has 0 aromatic rings. The van der Waals surface area contributed by atoms with Crippen molar-refractivity contribution in [3.8, 4) is 0 Å². The number of hydrogen-bond donors (Lipinski definition) is 1. The zero-order chi connectivity index (χ0) is 16.0. The van der Waals surface area contributed by atoms with Crippen molar-refractivity contribution in [2.75, 3.05) is 19.6 Å². The van der Waals surface area contributed by atoms with Crippen molar-refractivity contribution in [1.82, 2.24) is 10.2 Å². The van der Waals surface area contributed by atoms with Crippen LogP contribution >= 0.6 is 0 Å². The molecule has 0 radical (unpaired) electrons. The summed E-state index contributed by atoms with van der Waals surface area (Å²) in [6, 6.07) is 0. The van der Waals surface area contributed by atoms with Crippen LogP contribution in [0.15, 0.2) is 0 Å². The molecule has 3 heteroatoms. The highest BCUT2D eigenvalue weighted by Gasteiger charge is 2.32. The lowest BCUT2D eigenvalue weighted by Gasteiger charge is -2.43. The smallest absolute Gasteiger partial charge is 0.223 e. The van der Waals surface area contributed by atoms with E-state index in [1.807, 2.05) is 0 Å². The van der Waals surface area contributed by atoms with Gasteiger partial charge in [0.2, 0.25) is 5.91 Å². The fourth-order valence-corrected chi connectivity index (χ4v) is 4.05. The van der Waals surface area contributed by atoms with E-state index in [0.717, 1.165) is 25.3 Å². The maximum Gasteiger partial charge on any atom is 0.223 e. The fourth-order valence-electron chi connectivity index (χ4n) is 4.05. The van der Waals surface area contributed by atoms with Gasteiger partial charge in [0.25, 0.3) is 0 Å². The van der Waals surface area contributed by atoms with E-state index >= 15 is 0 Å². The number of rotatable bonds is 5. The van der Waals surface area contributed by atoms with E-state index in [4.69, 9.17) is 0 Å². The zero-order valence-electron chi connectivity index (χ0n) is 15.0. The molecular formula is C19H36N2O. The molecule has 1 saturated carbocycles. The van der Waals surface area contributed by atoms with Crippen LogP contribution < -0.4 is 5.32 Å². The van der Waals surface area contributed by atoms with Crippen LogP contribution in [0.3, 0.4) is 0 Å². The number of carbonyl (C=O) groups excluding carboxylic acids is 1. The Morgan fingerprint density at radius 1 is 1.09 bits per heavy atom. The molecule has 1 unspecified atom stereocenters. The van der Waals surface area contributed by atoms with E-state index in [9.17, 15) is 4.79 Å². The number of nitrogens with one attached hydrogen (secondary N) is 1. The molecule has 1 aliphatic carbocycles. The molecule has 22 heavy (non-hydrogen) atoms. The standard InChI is InChI=1S/C19H36N2O/c1-4-16-10-9-13-21(14-16)19(2,3)15-20-18(22)17-11-7-5-6-8-12-17/h16-17H,4-15H2,1-3H3,(H,20,22). The van der Waals surface area contributed by atoms with Crippen LogP contribution in [0.5, 0.6) is 0 Å². The molecule has 0 aromatic heterocycles. The number of hydrogen-bond acceptors (Lipinski definition) is 2. The normalized spacial score (nSPS) is 25.7. The first-order chi connectivity index (χ1) is 10.5. The summed E-state index contributed by atoms with van der Waals surface area (Å²) < 4.78 is 0. The second-order valence-corrected chi connectivity index (χ2v) is 8.08. The van der Waals surface area contributed by atoms with Crippen molar-refractivity contribution in [2.24, 2.45) is 11.8 Å². The average Bonchev–Trinajstić information content (AvgIpc) is 2.82. The van der Waals surface area contributed by atoms with Crippen molar-refractivity contribution in [2.45, 2.75) is 84.1 Å². The van der Waals surface area contributed by atoms with Crippen LogP contribution in [0, 0.1) is 11.8 Å². The van der Waals surface area contributed by atoms with Crippen molar-refractivity contribution in [3.63, 3.8) is 0 Å². The topological polar surface area (TPSA) is 32.3 Å². The van der Waals surface area contributed by atoms with E-state index < -0.39 is 0 Å². The van der Waals surface area contributed by atoms with Crippen LogP contribution in [0.2, 0.25) is 0 Å². The number of amides is 1. The quantitative estimate of drug-likeness (QED) is 0.779. The lowest BCUT2D eigenvalue weighted by atomic mass is 9.90. The SMILES string of the molecule is CCC1CCCN(C(C)(C)CNC(=O)C2CCCCCC2)C1. The third-order valence-corrected chi connectivity index (χ3v) is 5.87. The van der Waals surface area contributed by atoms with Crippen LogP contribution in [-0.2, 0) is 4.79 Å². The molecule has 1 aliphatic heterocycles. The molecule has 0 bridgehead atoms. The molecule has 1 saturated heterocycles. The van der Waals surface area contributed by atoms with Crippen LogP contribution in [0.1, 0.15) is 78.6 Å². The van der Waals surface area contributed by atoms with Gasteiger partial charge in [-0.1, -0.05) is 39.0 Å². The Morgan fingerprint density at radius 3 is 2.41 bits per heavy atom. The van der Waals surface area contributed by atoms with Gasteiger partial charge in [-0.2, -0.15) is 0 Å². The molecule has 2 fully saturated rings. The Hall–Kier alpha value is -0.570.